The van der Waals surface area contributed by atoms with Gasteiger partial charge in [-0.05, 0) is 109 Å². The number of ketones is 1. The van der Waals surface area contributed by atoms with Gasteiger partial charge in [-0.2, -0.15) is 0 Å². The van der Waals surface area contributed by atoms with Crippen molar-refractivity contribution < 1.29 is 4.79 Å². The lowest BCUT2D eigenvalue weighted by Crippen LogP contribution is -2.57. The van der Waals surface area contributed by atoms with E-state index in [1.165, 1.54) is 64.2 Å². The highest BCUT2D eigenvalue weighted by Gasteiger charge is 2.63. The van der Waals surface area contributed by atoms with Gasteiger partial charge in [0, 0.05) is 12.3 Å². The predicted molar refractivity (Wildman–Crippen MR) is 132 cm³/mol. The summed E-state index contributed by atoms with van der Waals surface area (Å²) in [6.07, 6.45) is 14.3. The fraction of sp³-hybridized carbons (Fsp3) is 0.967. The molecule has 0 heterocycles. The van der Waals surface area contributed by atoms with E-state index in [9.17, 15) is 4.79 Å². The van der Waals surface area contributed by atoms with E-state index in [-0.39, 0.29) is 0 Å². The van der Waals surface area contributed by atoms with Crippen LogP contribution in [0.15, 0.2) is 0 Å². The molecule has 4 fully saturated rings. The van der Waals surface area contributed by atoms with Crippen molar-refractivity contribution in [1.29, 1.82) is 0 Å². The molecular weight excluding hydrogens is 376 g/mol. The molecule has 4 aliphatic rings. The predicted octanol–water partition coefficient (Wildman–Crippen LogP) is 8.70. The maximum Gasteiger partial charge on any atom is 0.136 e. The van der Waals surface area contributed by atoms with E-state index < -0.39 is 0 Å². The van der Waals surface area contributed by atoms with Crippen LogP contribution in [-0.2, 0) is 4.79 Å². The molecule has 178 valence electrons. The Labute approximate surface area is 193 Å². The Morgan fingerprint density at radius 2 is 1.65 bits per heavy atom. The molecular formula is C30H52O. The van der Waals surface area contributed by atoms with E-state index in [0.29, 0.717) is 51.1 Å². The minimum atomic E-state index is 0.380. The average molecular weight is 429 g/mol. The molecule has 0 spiro atoms. The summed E-state index contributed by atoms with van der Waals surface area (Å²) in [6.45, 7) is 19.8. The van der Waals surface area contributed by atoms with E-state index in [1.807, 2.05) is 0 Å². The van der Waals surface area contributed by atoms with Gasteiger partial charge in [-0.1, -0.05) is 61.8 Å². The minimum absolute atomic E-state index is 0.380. The Bertz CT molecular complexity index is 687. The van der Waals surface area contributed by atoms with E-state index in [2.05, 4.69) is 55.4 Å². The molecule has 1 nitrogen and oxygen atoms in total. The number of rotatable bonds is 4. The van der Waals surface area contributed by atoms with Gasteiger partial charge in [-0.15, -0.1) is 0 Å². The third-order valence-corrected chi connectivity index (χ3v) is 11.8. The van der Waals surface area contributed by atoms with Crippen molar-refractivity contribution in [2.75, 3.05) is 0 Å². The minimum Gasteiger partial charge on any atom is -0.299 e. The molecule has 31 heavy (non-hydrogen) atoms. The van der Waals surface area contributed by atoms with Crippen LogP contribution in [0.5, 0.6) is 0 Å². The normalized spacial score (nSPS) is 48.6. The average Bonchev–Trinajstić information content (AvgIpc) is 3.04. The summed E-state index contributed by atoms with van der Waals surface area (Å²) in [5.74, 6) is 4.66. The number of carbonyl (C=O) groups is 1. The van der Waals surface area contributed by atoms with Gasteiger partial charge in [-0.3, -0.25) is 4.79 Å². The van der Waals surface area contributed by atoms with Gasteiger partial charge in [0.05, 0.1) is 0 Å². The van der Waals surface area contributed by atoms with Crippen LogP contribution in [0, 0.1) is 57.2 Å². The van der Waals surface area contributed by atoms with E-state index in [4.69, 9.17) is 0 Å². The third kappa shape index (κ3) is 3.97. The van der Waals surface area contributed by atoms with Crippen LogP contribution < -0.4 is 0 Å². The second-order valence-corrected chi connectivity index (χ2v) is 14.8. The first kappa shape index (κ1) is 23.8. The molecule has 0 amide bonds. The molecule has 0 aliphatic heterocycles. The van der Waals surface area contributed by atoms with Crippen LogP contribution in [0.4, 0.5) is 0 Å². The zero-order chi connectivity index (χ0) is 22.8. The first-order valence-corrected chi connectivity index (χ1v) is 13.9. The molecule has 0 saturated heterocycles. The molecule has 0 N–H and O–H groups in total. The molecule has 9 atom stereocenters. The molecule has 4 aliphatic carbocycles. The van der Waals surface area contributed by atoms with Crippen molar-refractivity contribution in [3.05, 3.63) is 0 Å². The highest BCUT2D eigenvalue weighted by Crippen LogP contribution is 2.69. The summed E-state index contributed by atoms with van der Waals surface area (Å²) in [7, 11) is 0. The van der Waals surface area contributed by atoms with Crippen molar-refractivity contribution in [2.24, 2.45) is 57.2 Å². The standard InChI is InChI=1S/C30H52O/c1-9-28(6)16-17-29(7)21(19-28)18-25(31)26-23-11-10-22(20(2)12-14-27(3,4)5)30(23,8)15-13-24(26)29/h20-24,26H,9-19H2,1-8H3/t20-,21+,22-,23+,24+,26+,28-,29+,30-/m1/s1. The van der Waals surface area contributed by atoms with Gasteiger partial charge in [0.2, 0.25) is 0 Å². The Hall–Kier alpha value is -0.330. The third-order valence-electron chi connectivity index (χ3n) is 11.8. The highest BCUT2D eigenvalue weighted by atomic mass is 16.1. The molecule has 0 aromatic heterocycles. The Morgan fingerprint density at radius 3 is 2.29 bits per heavy atom. The maximum atomic E-state index is 13.7. The summed E-state index contributed by atoms with van der Waals surface area (Å²) in [5.41, 5.74) is 1.73. The first-order valence-electron chi connectivity index (χ1n) is 13.9. The van der Waals surface area contributed by atoms with Crippen LogP contribution in [-0.4, -0.2) is 5.78 Å². The van der Waals surface area contributed by atoms with Crippen molar-refractivity contribution >= 4 is 5.78 Å². The van der Waals surface area contributed by atoms with Gasteiger partial charge in [0.15, 0.2) is 0 Å². The number of hydrogen-bond donors (Lipinski definition) is 0. The number of hydrogen-bond acceptors (Lipinski definition) is 1. The molecule has 4 saturated carbocycles. The zero-order valence-corrected chi connectivity index (χ0v) is 22.2. The smallest absolute Gasteiger partial charge is 0.136 e. The SMILES string of the molecule is CC[C@]1(C)CC[C@@]2(C)[C@@H](CC(=O)[C@@H]3[C@@H]2CC[C@]2(C)[C@@H]([C@H](C)CCC(C)(C)C)CC[C@@H]32)C1. The lowest BCUT2D eigenvalue weighted by atomic mass is 9.42. The Balaban J connectivity index is 1.54. The Morgan fingerprint density at radius 1 is 0.968 bits per heavy atom. The number of carbonyl (C=O) groups excluding carboxylic acids is 1. The molecule has 0 aromatic rings. The maximum absolute atomic E-state index is 13.7. The second kappa shape index (κ2) is 7.87. The fourth-order valence-electron chi connectivity index (χ4n) is 9.36. The second-order valence-electron chi connectivity index (χ2n) is 14.8. The molecule has 0 bridgehead atoms. The largest absolute Gasteiger partial charge is 0.299 e. The van der Waals surface area contributed by atoms with Crippen molar-refractivity contribution in [3.63, 3.8) is 0 Å². The summed E-state index contributed by atoms with van der Waals surface area (Å²) < 4.78 is 0. The van der Waals surface area contributed by atoms with Crippen LogP contribution >= 0.6 is 0 Å². The van der Waals surface area contributed by atoms with Crippen molar-refractivity contribution in [2.45, 2.75) is 126 Å². The van der Waals surface area contributed by atoms with Gasteiger partial charge in [0.25, 0.3) is 0 Å². The lowest BCUT2D eigenvalue weighted by molar-refractivity contribution is -0.162. The number of fused-ring (bicyclic) bond motifs is 5. The summed E-state index contributed by atoms with van der Waals surface area (Å²) in [4.78, 5) is 13.7. The summed E-state index contributed by atoms with van der Waals surface area (Å²) >= 11 is 0. The zero-order valence-electron chi connectivity index (χ0n) is 22.2. The number of Topliss-reactive ketones (excluding diaryl/α,β-unsaturated/α-hetero) is 1. The van der Waals surface area contributed by atoms with Crippen LogP contribution in [0.1, 0.15) is 126 Å². The quantitative estimate of drug-likeness (QED) is 0.437. The van der Waals surface area contributed by atoms with E-state index in [0.717, 1.165) is 18.3 Å². The van der Waals surface area contributed by atoms with Gasteiger partial charge >= 0.3 is 0 Å². The summed E-state index contributed by atoms with van der Waals surface area (Å²) in [5, 5.41) is 0. The summed E-state index contributed by atoms with van der Waals surface area (Å²) in [6, 6.07) is 0. The molecule has 0 unspecified atom stereocenters. The van der Waals surface area contributed by atoms with Crippen molar-refractivity contribution in [3.8, 4) is 0 Å². The van der Waals surface area contributed by atoms with E-state index in [1.54, 1.807) is 0 Å². The van der Waals surface area contributed by atoms with Crippen molar-refractivity contribution in [1.82, 2.24) is 0 Å². The lowest BCUT2D eigenvalue weighted by Gasteiger charge is -2.62. The van der Waals surface area contributed by atoms with Crippen LogP contribution in [0.25, 0.3) is 0 Å². The topological polar surface area (TPSA) is 17.1 Å². The molecule has 0 aromatic carbocycles. The highest BCUT2D eigenvalue weighted by molar-refractivity contribution is 5.83. The van der Waals surface area contributed by atoms with E-state index >= 15 is 0 Å². The Kier molecular flexibility index (Phi) is 6.05. The monoisotopic (exact) mass is 428 g/mol. The van der Waals surface area contributed by atoms with Gasteiger partial charge < -0.3 is 0 Å². The van der Waals surface area contributed by atoms with Crippen LogP contribution in [0.2, 0.25) is 0 Å². The first-order chi connectivity index (χ1) is 14.3. The van der Waals surface area contributed by atoms with Crippen LogP contribution in [0.3, 0.4) is 0 Å². The molecule has 1 heteroatoms. The molecule has 4 rings (SSSR count). The van der Waals surface area contributed by atoms with Gasteiger partial charge in [0.1, 0.15) is 5.78 Å². The van der Waals surface area contributed by atoms with Gasteiger partial charge in [-0.25, -0.2) is 0 Å². The fourth-order valence-corrected chi connectivity index (χ4v) is 9.36. The molecule has 0 radical (unpaired) electrons.